The van der Waals surface area contributed by atoms with Crippen LogP contribution in [0, 0.1) is 27.1 Å². The normalized spacial score (nSPS) is 14.3. The molecule has 0 unspecified atom stereocenters. The van der Waals surface area contributed by atoms with Crippen LogP contribution in [0.1, 0.15) is 169 Å². The number of carbonyl (C=O) groups is 10. The Morgan fingerprint density at radius 1 is 0.360 bits per heavy atom. The lowest BCUT2D eigenvalue weighted by Gasteiger charge is -2.24. The molecule has 3 aliphatic rings. The van der Waals surface area contributed by atoms with Gasteiger partial charge in [0, 0.05) is 129 Å². The lowest BCUT2D eigenvalue weighted by atomic mass is 9.88. The Balaban J connectivity index is 0.000000156. The number of benzene rings is 6. The maximum atomic E-state index is 13.1. The monoisotopic (exact) mass is 1940 g/mol. The lowest BCUT2D eigenvalue weighted by molar-refractivity contribution is -0.120. The van der Waals surface area contributed by atoms with Crippen LogP contribution in [0.25, 0.3) is 63.6 Å². The van der Waals surface area contributed by atoms with Crippen LogP contribution in [-0.2, 0) is 59.9 Å². The predicted octanol–water partition coefficient (Wildman–Crippen LogP) is 20.1. The largest absolute Gasteiger partial charge is 0.440 e. The number of likely N-dealkylation sites (tertiary alicyclic amines) is 2. The summed E-state index contributed by atoms with van der Waals surface area (Å²) in [5, 5.41) is 23.1. The molecule has 0 aliphatic carbocycles. The highest BCUT2D eigenvalue weighted by Gasteiger charge is 2.38. The number of thiazole rings is 3. The summed E-state index contributed by atoms with van der Waals surface area (Å²) in [6, 6.07) is 48.5. The van der Waals surface area contributed by atoms with E-state index in [1.54, 1.807) is 164 Å². The fraction of sp³-hybridized carbons (Fsp3) is 0.366. The van der Waals surface area contributed by atoms with Crippen LogP contribution in [0.3, 0.4) is 0 Å². The number of ether oxygens (including phenoxy) is 1. The number of ketones is 5. The molecule has 726 valence electrons. The van der Waals surface area contributed by atoms with E-state index >= 15 is 0 Å². The number of imidazole rings is 1. The van der Waals surface area contributed by atoms with E-state index in [1.165, 1.54) is 55.8 Å². The minimum Gasteiger partial charge on any atom is -0.435 e. The standard InChI is InChI=1S/C23H25N3O3S.C20H20N4O4.C20H20N4O3S.C19H24N4O4.C19H23N3O3S/c1-23(2,3)20(27)19(25-29-22(28)26-13-7-4-8-14-26)21-24-18-16-10-6-5-9-15(16)11-12-17(18)30-21;1-20(2,3)17(25)16(18-22-14-7-5-6-8-15(14)27-18)23-28-19(26)24(4)13-9-11-21-12-10-13;1-20(2,3)17(25)16(18-22-14-7-5-6-8-15(14)28-18)23-27-19(26)24(4)13-9-11-21-12-10-13;1-19(2,3)16(24)15(21-27-18(25)23-9-11-26-12-10-23)17-20-13-7-5-6-8-14(13)22(17)4;1-19(2,3)16(23)15(17-20-13-9-5-6-10-14(13)26-17)21-25-18(24)22-11-7-4-8-12-22/h5-6,9-12H,4,7-8,13-14H2,1-3H3;2*5-12H,1-4H3;5-8H,9-12H2,1-4H3;5-6,9-10H,4,7-8,11-12H2,1-3H3/b25-19+;2*23-16+;2*21-15+. The molecule has 0 radical (unpaired) electrons. The van der Waals surface area contributed by atoms with Gasteiger partial charge in [-0.25, -0.2) is 48.9 Å². The molecule has 0 N–H and O–H groups in total. The van der Waals surface area contributed by atoms with E-state index in [4.69, 9.17) is 38.3 Å². The van der Waals surface area contributed by atoms with Crippen molar-refractivity contribution in [2.45, 2.75) is 142 Å². The molecular formula is C101H112N18O17S3. The van der Waals surface area contributed by atoms with Gasteiger partial charge in [-0.05, 0) is 123 Å². The van der Waals surface area contributed by atoms with E-state index in [0.29, 0.717) is 95.8 Å². The molecule has 3 fully saturated rings. The van der Waals surface area contributed by atoms with Gasteiger partial charge in [0.1, 0.15) is 20.5 Å². The Morgan fingerprint density at radius 3 is 1.17 bits per heavy atom. The molecule has 0 spiro atoms. The van der Waals surface area contributed by atoms with Crippen LogP contribution < -0.4 is 9.80 Å². The number of carbonyl (C=O) groups excluding carboxylic acids is 10. The lowest BCUT2D eigenvalue weighted by Crippen LogP contribution is -2.40. The maximum absolute atomic E-state index is 13.1. The number of oxazole rings is 1. The Hall–Kier alpha value is -14.5. The number of Topliss-reactive ketones (excluding diaryl/α,β-unsaturated/α-hetero) is 5. The molecule has 0 saturated carbocycles. The van der Waals surface area contributed by atoms with Crippen LogP contribution in [0.2, 0.25) is 0 Å². The van der Waals surface area contributed by atoms with Gasteiger partial charge in [-0.2, -0.15) is 0 Å². The van der Waals surface area contributed by atoms with Gasteiger partial charge in [0.15, 0.2) is 63.2 Å². The molecule has 10 heterocycles. The first-order valence-electron chi connectivity index (χ1n) is 45.1. The van der Waals surface area contributed by atoms with E-state index in [-0.39, 0.29) is 63.4 Å². The molecule has 3 aliphatic heterocycles. The quantitative estimate of drug-likeness (QED) is 0.0464. The molecule has 7 aromatic heterocycles. The van der Waals surface area contributed by atoms with E-state index in [1.807, 2.05) is 151 Å². The molecule has 35 nitrogen and oxygen atoms in total. The van der Waals surface area contributed by atoms with Gasteiger partial charge in [-0.15, -0.1) is 34.0 Å². The number of aromatic nitrogens is 8. The Morgan fingerprint density at radius 2 is 0.727 bits per heavy atom. The van der Waals surface area contributed by atoms with Gasteiger partial charge >= 0.3 is 30.5 Å². The van der Waals surface area contributed by atoms with Crippen molar-refractivity contribution in [3.63, 3.8) is 0 Å². The number of aryl methyl sites for hydroxylation is 1. The average molecular weight is 1950 g/mol. The Bertz CT molecular complexity index is 6560. The molecule has 38 heteroatoms. The third-order valence-corrected chi connectivity index (χ3v) is 24.8. The summed E-state index contributed by atoms with van der Waals surface area (Å²) in [7, 11) is 4.88. The second kappa shape index (κ2) is 45.6. The molecule has 0 atom stereocenters. The predicted molar refractivity (Wildman–Crippen MR) is 537 cm³/mol. The zero-order valence-corrected chi connectivity index (χ0v) is 83.4. The second-order valence-corrected chi connectivity index (χ2v) is 40.8. The summed E-state index contributed by atoms with van der Waals surface area (Å²) in [6.07, 6.45) is 9.20. The molecule has 13 aromatic rings. The number of pyridine rings is 2. The summed E-state index contributed by atoms with van der Waals surface area (Å²) >= 11 is 4.08. The number of hydrogen-bond donors (Lipinski definition) is 0. The zero-order valence-electron chi connectivity index (χ0n) is 80.9. The summed E-state index contributed by atoms with van der Waals surface area (Å²) < 4.78 is 15.5. The van der Waals surface area contributed by atoms with Crippen LogP contribution in [0.5, 0.6) is 0 Å². The number of hydrogen-bond acceptors (Lipinski definition) is 32. The summed E-state index contributed by atoms with van der Waals surface area (Å²) in [5.74, 6) is -0.924. The molecule has 6 aromatic carbocycles. The first kappa shape index (κ1) is 103. The molecule has 3 saturated heterocycles. The number of oxime groups is 5. The van der Waals surface area contributed by atoms with Gasteiger partial charge in [-0.1, -0.05) is 208 Å². The number of nitrogens with zero attached hydrogens (tertiary/aromatic N) is 18. The summed E-state index contributed by atoms with van der Waals surface area (Å²) in [4.78, 5) is 190. The highest BCUT2D eigenvalue weighted by atomic mass is 32.1. The van der Waals surface area contributed by atoms with Gasteiger partial charge in [0.25, 0.3) is 5.89 Å². The highest BCUT2D eigenvalue weighted by molar-refractivity contribution is 7.22. The number of rotatable bonds is 17. The average Bonchev–Trinajstić information content (AvgIpc) is 1.63. The molecule has 16 rings (SSSR count). The van der Waals surface area contributed by atoms with Crippen molar-refractivity contribution in [1.82, 2.24) is 54.2 Å². The first-order chi connectivity index (χ1) is 66.0. The van der Waals surface area contributed by atoms with Gasteiger partial charge in [-0.3, -0.25) is 67.9 Å². The number of anilines is 2. The number of piperidine rings is 2. The number of para-hydroxylation sites is 6. The third-order valence-electron chi connectivity index (χ3n) is 21.7. The minimum absolute atomic E-state index is 0.000453. The van der Waals surface area contributed by atoms with Crippen molar-refractivity contribution in [2.75, 3.05) is 76.4 Å². The third kappa shape index (κ3) is 26.9. The smallest absolute Gasteiger partial charge is 0.435 e. The maximum Gasteiger partial charge on any atom is 0.440 e. The first-order valence-corrected chi connectivity index (χ1v) is 47.6. The summed E-state index contributed by atoms with van der Waals surface area (Å²) in [6.45, 7) is 31.2. The molecule has 139 heavy (non-hydrogen) atoms. The number of morpholine rings is 1. The second-order valence-electron chi connectivity index (χ2n) is 37.7. The molecule has 0 bridgehead atoms. The number of fused-ring (bicyclic) bond motifs is 7. The van der Waals surface area contributed by atoms with E-state index in [0.717, 1.165) is 91.0 Å². The molecular weight excluding hydrogens is 1830 g/mol. The highest BCUT2D eigenvalue weighted by Crippen LogP contribution is 2.35. The fourth-order valence-electron chi connectivity index (χ4n) is 13.7. The van der Waals surface area contributed by atoms with Crippen LogP contribution >= 0.6 is 34.0 Å². The van der Waals surface area contributed by atoms with Crippen molar-refractivity contribution in [2.24, 2.45) is 59.9 Å². The zero-order chi connectivity index (χ0) is 100. The minimum atomic E-state index is -0.775. The van der Waals surface area contributed by atoms with Crippen LogP contribution in [0.4, 0.5) is 35.3 Å². The SMILES string of the molecule is CC(C)(C)C(=O)/C(=N\OC(=O)N1CCCCC1)c1nc2c(ccc3ccccc32)s1.CC(C)(C)C(=O)/C(=N\OC(=O)N1CCCCC1)c1nc2ccccc2s1.CN(C(=O)O/N=C(\C(=O)C(C)(C)C)c1nc2ccccc2o1)c1ccncc1.CN(C(=O)O/N=C(\C(=O)C(C)(C)C)c1nc2ccccc2s1)c1ccncc1.Cn1c(/C(=N/OC(=O)N2CCOCC2)C(=O)C(C)(C)C)nc2ccccc21. The van der Waals surface area contributed by atoms with Crippen molar-refractivity contribution in [1.29, 1.82) is 0 Å². The van der Waals surface area contributed by atoms with Crippen molar-refractivity contribution in [3.05, 3.63) is 209 Å². The summed E-state index contributed by atoms with van der Waals surface area (Å²) in [5.41, 5.74) is 2.81. The van der Waals surface area contributed by atoms with E-state index < -0.39 is 57.5 Å². The Kier molecular flexibility index (Phi) is 34.0. The van der Waals surface area contributed by atoms with E-state index in [9.17, 15) is 47.9 Å². The van der Waals surface area contributed by atoms with Crippen LogP contribution in [-0.4, -0.2) is 209 Å². The number of amides is 5. The van der Waals surface area contributed by atoms with Crippen molar-refractivity contribution >= 4 is 197 Å². The fourth-order valence-corrected chi connectivity index (χ4v) is 16.5. The van der Waals surface area contributed by atoms with Gasteiger partial charge in [0.05, 0.1) is 54.9 Å². The van der Waals surface area contributed by atoms with Crippen molar-refractivity contribution in [3.8, 4) is 0 Å². The van der Waals surface area contributed by atoms with Gasteiger partial charge < -0.3 is 28.4 Å². The van der Waals surface area contributed by atoms with Crippen LogP contribution in [0.15, 0.2) is 213 Å². The van der Waals surface area contributed by atoms with Crippen molar-refractivity contribution < 1.29 is 81.3 Å². The molecule has 5 amide bonds. The Labute approximate surface area is 815 Å². The van der Waals surface area contributed by atoms with E-state index in [2.05, 4.69) is 55.7 Å². The van der Waals surface area contributed by atoms with Gasteiger partial charge in [0.2, 0.25) is 5.71 Å². The topological polar surface area (TPSA) is 412 Å².